The minimum atomic E-state index is -3.69. The summed E-state index contributed by atoms with van der Waals surface area (Å²) in [5, 5.41) is 0.123. The Bertz CT molecular complexity index is 481. The van der Waals surface area contributed by atoms with E-state index in [9.17, 15) is 8.42 Å². The normalized spacial score (nSPS) is 13.5. The van der Waals surface area contributed by atoms with E-state index < -0.39 is 10.0 Å². The molecule has 0 aliphatic carbocycles. The van der Waals surface area contributed by atoms with Gasteiger partial charge in [-0.25, -0.2) is 13.1 Å². The first kappa shape index (κ1) is 15.3. The lowest BCUT2D eigenvalue weighted by Gasteiger charge is -2.15. The minimum absolute atomic E-state index is 0.0565. The van der Waals surface area contributed by atoms with E-state index in [0.717, 1.165) is 0 Å². The molecule has 0 amide bonds. The molecule has 18 heavy (non-hydrogen) atoms. The van der Waals surface area contributed by atoms with Crippen molar-refractivity contribution < 1.29 is 17.9 Å². The lowest BCUT2D eigenvalue weighted by Crippen LogP contribution is -2.35. The second-order valence-corrected chi connectivity index (χ2v) is 5.61. The van der Waals surface area contributed by atoms with Gasteiger partial charge in [-0.15, -0.1) is 0 Å². The van der Waals surface area contributed by atoms with Gasteiger partial charge in [0, 0.05) is 33.2 Å². The Hall–Kier alpha value is -0.730. The lowest BCUT2D eigenvalue weighted by atomic mass is 10.4. The topological polar surface area (TPSA) is 77.5 Å². The number of methoxy groups -OCH3 is 2. The van der Waals surface area contributed by atoms with Crippen molar-refractivity contribution in [3.63, 3.8) is 0 Å². The Morgan fingerprint density at radius 1 is 1.50 bits per heavy atom. The van der Waals surface area contributed by atoms with Crippen molar-refractivity contribution in [1.82, 2.24) is 9.71 Å². The van der Waals surface area contributed by atoms with Crippen LogP contribution in [0, 0.1) is 0 Å². The maximum Gasteiger partial charge on any atom is 0.243 e. The molecule has 1 heterocycles. The molecular weight excluding hydrogens is 280 g/mol. The molecule has 0 spiro atoms. The predicted octanol–water partition coefficient (Wildman–Crippen LogP) is 0.675. The third kappa shape index (κ3) is 4.18. The second-order valence-electron chi connectivity index (χ2n) is 3.47. The molecule has 0 aromatic carbocycles. The van der Waals surface area contributed by atoms with Gasteiger partial charge in [0.05, 0.1) is 17.7 Å². The van der Waals surface area contributed by atoms with Crippen LogP contribution in [0.3, 0.4) is 0 Å². The zero-order valence-corrected chi connectivity index (χ0v) is 11.7. The minimum Gasteiger partial charge on any atom is -0.382 e. The first-order valence-electron chi connectivity index (χ1n) is 5.12. The first-order valence-corrected chi connectivity index (χ1v) is 6.98. The van der Waals surface area contributed by atoms with Gasteiger partial charge in [-0.3, -0.25) is 4.98 Å². The monoisotopic (exact) mass is 294 g/mol. The molecule has 0 bridgehead atoms. The van der Waals surface area contributed by atoms with Gasteiger partial charge in [-0.2, -0.15) is 0 Å². The average molecular weight is 295 g/mol. The Morgan fingerprint density at radius 3 is 2.78 bits per heavy atom. The molecule has 1 unspecified atom stereocenters. The molecule has 0 saturated carbocycles. The van der Waals surface area contributed by atoms with Gasteiger partial charge >= 0.3 is 0 Å². The second kappa shape index (κ2) is 7.01. The van der Waals surface area contributed by atoms with Crippen LogP contribution in [0.4, 0.5) is 0 Å². The summed E-state index contributed by atoms with van der Waals surface area (Å²) in [4.78, 5) is 3.68. The van der Waals surface area contributed by atoms with Crippen molar-refractivity contribution in [1.29, 1.82) is 0 Å². The number of rotatable bonds is 7. The highest BCUT2D eigenvalue weighted by atomic mass is 35.5. The van der Waals surface area contributed by atoms with Crippen molar-refractivity contribution in [2.75, 3.05) is 27.4 Å². The summed E-state index contributed by atoms with van der Waals surface area (Å²) in [6.07, 6.45) is 2.26. The zero-order valence-electron chi connectivity index (χ0n) is 10.1. The Morgan fingerprint density at radius 2 is 2.22 bits per heavy atom. The molecular formula is C10H15ClN2O4S. The summed E-state index contributed by atoms with van der Waals surface area (Å²) in [5.74, 6) is 0. The summed E-state index contributed by atoms with van der Waals surface area (Å²) in [6, 6.07) is 1.42. The van der Waals surface area contributed by atoms with E-state index >= 15 is 0 Å². The van der Waals surface area contributed by atoms with Crippen LogP contribution < -0.4 is 4.72 Å². The number of nitrogens with zero attached hydrogens (tertiary/aromatic N) is 1. The molecule has 0 aliphatic heterocycles. The molecule has 1 atom stereocenters. The van der Waals surface area contributed by atoms with Crippen molar-refractivity contribution in [2.24, 2.45) is 0 Å². The number of hydrogen-bond donors (Lipinski definition) is 1. The maximum absolute atomic E-state index is 11.9. The fourth-order valence-electron chi connectivity index (χ4n) is 1.24. The summed E-state index contributed by atoms with van der Waals surface area (Å²) in [7, 11) is -0.701. The third-order valence-corrected chi connectivity index (χ3v) is 4.10. The molecule has 1 rings (SSSR count). The molecule has 1 aromatic rings. The molecule has 0 radical (unpaired) electrons. The molecule has 0 saturated heterocycles. The molecule has 8 heteroatoms. The first-order chi connectivity index (χ1) is 8.51. The van der Waals surface area contributed by atoms with Crippen molar-refractivity contribution in [3.05, 3.63) is 23.5 Å². The fourth-order valence-corrected chi connectivity index (χ4v) is 2.73. The van der Waals surface area contributed by atoms with Gasteiger partial charge in [0.1, 0.15) is 4.90 Å². The highest BCUT2D eigenvalue weighted by Gasteiger charge is 2.19. The molecule has 1 N–H and O–H groups in total. The number of aromatic nitrogens is 1. The van der Waals surface area contributed by atoms with E-state index in [4.69, 9.17) is 21.1 Å². The summed E-state index contributed by atoms with van der Waals surface area (Å²) in [6.45, 7) is 0.387. The zero-order chi connectivity index (χ0) is 13.6. The van der Waals surface area contributed by atoms with Gasteiger partial charge in [-0.05, 0) is 6.07 Å². The predicted molar refractivity (Wildman–Crippen MR) is 67.1 cm³/mol. The van der Waals surface area contributed by atoms with E-state index in [-0.39, 0.29) is 22.6 Å². The lowest BCUT2D eigenvalue weighted by molar-refractivity contribution is 0.0320. The van der Waals surface area contributed by atoms with Crippen molar-refractivity contribution in [3.8, 4) is 0 Å². The smallest absolute Gasteiger partial charge is 0.243 e. The van der Waals surface area contributed by atoms with E-state index in [2.05, 4.69) is 9.71 Å². The van der Waals surface area contributed by atoms with Gasteiger partial charge in [0.15, 0.2) is 0 Å². The van der Waals surface area contributed by atoms with Crippen LogP contribution in [0.25, 0.3) is 0 Å². The summed E-state index contributed by atoms with van der Waals surface area (Å²) >= 11 is 5.80. The number of pyridine rings is 1. The van der Waals surface area contributed by atoms with E-state index in [1.807, 2.05) is 0 Å². The van der Waals surface area contributed by atoms with E-state index in [1.54, 1.807) is 0 Å². The molecule has 0 aliphatic rings. The highest BCUT2D eigenvalue weighted by molar-refractivity contribution is 7.89. The Kier molecular flexibility index (Phi) is 5.97. The number of ether oxygens (including phenoxy) is 2. The Labute approximate surface area is 111 Å². The molecule has 1 aromatic heterocycles. The van der Waals surface area contributed by atoms with Crippen LogP contribution in [0.15, 0.2) is 23.4 Å². The number of sulfonamides is 1. The third-order valence-electron chi connectivity index (χ3n) is 2.21. The SMILES string of the molecule is COCC(CNS(=O)(=O)c1cnccc1Cl)OC. The van der Waals surface area contributed by atoms with Crippen LogP contribution in [0.2, 0.25) is 5.02 Å². The van der Waals surface area contributed by atoms with Crippen LogP contribution >= 0.6 is 11.6 Å². The average Bonchev–Trinajstić information content (AvgIpc) is 2.34. The number of nitrogens with one attached hydrogen (secondary N) is 1. The standard InChI is InChI=1S/C10H15ClN2O4S/c1-16-7-8(17-2)5-13-18(14,15)10-6-12-4-3-9(10)11/h3-4,6,8,13H,5,7H2,1-2H3. The van der Waals surface area contributed by atoms with Crippen LogP contribution in [0.5, 0.6) is 0 Å². The quantitative estimate of drug-likeness (QED) is 0.800. The van der Waals surface area contributed by atoms with Gasteiger partial charge in [0.2, 0.25) is 10.0 Å². The molecule has 0 fully saturated rings. The van der Waals surface area contributed by atoms with Crippen LogP contribution in [0.1, 0.15) is 0 Å². The van der Waals surface area contributed by atoms with Crippen molar-refractivity contribution >= 4 is 21.6 Å². The number of hydrogen-bond acceptors (Lipinski definition) is 5. The van der Waals surface area contributed by atoms with E-state index in [1.165, 1.54) is 32.7 Å². The van der Waals surface area contributed by atoms with Crippen LogP contribution in [-0.2, 0) is 19.5 Å². The highest BCUT2D eigenvalue weighted by Crippen LogP contribution is 2.18. The van der Waals surface area contributed by atoms with Crippen LogP contribution in [-0.4, -0.2) is 46.9 Å². The molecule has 102 valence electrons. The fraction of sp³-hybridized carbons (Fsp3) is 0.500. The number of halogens is 1. The van der Waals surface area contributed by atoms with Crippen molar-refractivity contribution in [2.45, 2.75) is 11.0 Å². The summed E-state index contributed by atoms with van der Waals surface area (Å²) in [5.41, 5.74) is 0. The van der Waals surface area contributed by atoms with Gasteiger partial charge < -0.3 is 9.47 Å². The van der Waals surface area contributed by atoms with Gasteiger partial charge in [-0.1, -0.05) is 11.6 Å². The maximum atomic E-state index is 11.9. The molecule has 6 nitrogen and oxygen atoms in total. The summed E-state index contributed by atoms with van der Waals surface area (Å²) < 4.78 is 36.2. The largest absolute Gasteiger partial charge is 0.382 e. The van der Waals surface area contributed by atoms with E-state index in [0.29, 0.717) is 6.61 Å². The Balaban J connectivity index is 2.74. The van der Waals surface area contributed by atoms with Gasteiger partial charge in [0.25, 0.3) is 0 Å².